The Balaban J connectivity index is 1.72. The second-order valence-electron chi connectivity index (χ2n) is 6.08. The number of carbonyl (C=O) groups is 2. The first-order valence-electron chi connectivity index (χ1n) is 8.76. The Kier molecular flexibility index (Phi) is 7.73. The Hall–Kier alpha value is -2.27. The van der Waals surface area contributed by atoms with Crippen LogP contribution in [0.3, 0.4) is 0 Å². The molecular formula is C21H25NO3S. The SMILES string of the molecule is CCc1ccc(NC(=O)[C@H](C)OC(=O)CCSc2ccc(C)cc2)cc1. The minimum Gasteiger partial charge on any atom is -0.453 e. The maximum atomic E-state index is 12.1. The minimum absolute atomic E-state index is 0.265. The average molecular weight is 372 g/mol. The molecule has 26 heavy (non-hydrogen) atoms. The molecule has 0 spiro atoms. The number of anilines is 1. The number of hydrogen-bond acceptors (Lipinski definition) is 4. The van der Waals surface area contributed by atoms with Gasteiger partial charge in [0.05, 0.1) is 6.42 Å². The molecule has 1 atom stereocenters. The topological polar surface area (TPSA) is 55.4 Å². The van der Waals surface area contributed by atoms with Crippen LogP contribution in [-0.4, -0.2) is 23.7 Å². The summed E-state index contributed by atoms with van der Waals surface area (Å²) in [7, 11) is 0. The van der Waals surface area contributed by atoms with Crippen LogP contribution in [0.5, 0.6) is 0 Å². The van der Waals surface area contributed by atoms with Gasteiger partial charge in [-0.2, -0.15) is 0 Å². The van der Waals surface area contributed by atoms with E-state index in [4.69, 9.17) is 4.74 Å². The quantitative estimate of drug-likeness (QED) is 0.544. The van der Waals surface area contributed by atoms with Crippen molar-refractivity contribution in [1.82, 2.24) is 0 Å². The fourth-order valence-electron chi connectivity index (χ4n) is 2.26. The van der Waals surface area contributed by atoms with E-state index in [-0.39, 0.29) is 18.3 Å². The Morgan fingerprint density at radius 2 is 1.73 bits per heavy atom. The predicted octanol–water partition coefficient (Wildman–Crippen LogP) is 4.61. The fraction of sp³-hybridized carbons (Fsp3) is 0.333. The number of benzene rings is 2. The van der Waals surface area contributed by atoms with Crippen LogP contribution in [0.25, 0.3) is 0 Å². The summed E-state index contributed by atoms with van der Waals surface area (Å²) in [5, 5.41) is 2.76. The molecule has 4 nitrogen and oxygen atoms in total. The highest BCUT2D eigenvalue weighted by molar-refractivity contribution is 7.99. The van der Waals surface area contributed by atoms with Crippen molar-refractivity contribution in [1.29, 1.82) is 0 Å². The van der Waals surface area contributed by atoms with E-state index in [0.29, 0.717) is 11.4 Å². The summed E-state index contributed by atoms with van der Waals surface area (Å²) >= 11 is 1.60. The zero-order valence-corrected chi connectivity index (χ0v) is 16.3. The van der Waals surface area contributed by atoms with E-state index in [2.05, 4.69) is 12.2 Å². The van der Waals surface area contributed by atoms with Gasteiger partial charge in [0.1, 0.15) is 0 Å². The van der Waals surface area contributed by atoms with E-state index in [1.54, 1.807) is 18.7 Å². The molecule has 138 valence electrons. The van der Waals surface area contributed by atoms with Gasteiger partial charge in [-0.3, -0.25) is 9.59 Å². The third-order valence-corrected chi connectivity index (χ3v) is 4.92. The number of carbonyl (C=O) groups excluding carboxylic acids is 2. The van der Waals surface area contributed by atoms with Crippen LogP contribution in [0.15, 0.2) is 53.4 Å². The molecule has 5 heteroatoms. The molecule has 0 aromatic heterocycles. The number of hydrogen-bond donors (Lipinski definition) is 1. The Morgan fingerprint density at radius 3 is 2.35 bits per heavy atom. The molecule has 0 unspecified atom stereocenters. The van der Waals surface area contributed by atoms with E-state index in [1.807, 2.05) is 55.5 Å². The molecule has 0 aliphatic heterocycles. The van der Waals surface area contributed by atoms with Gasteiger partial charge < -0.3 is 10.1 Å². The molecule has 0 saturated heterocycles. The largest absolute Gasteiger partial charge is 0.453 e. The first-order valence-corrected chi connectivity index (χ1v) is 9.75. The van der Waals surface area contributed by atoms with Crippen LogP contribution < -0.4 is 5.32 Å². The summed E-state index contributed by atoms with van der Waals surface area (Å²) in [6.07, 6.45) is 0.391. The molecule has 2 aromatic carbocycles. The Bertz CT molecular complexity index is 726. The molecule has 1 amide bonds. The number of rotatable bonds is 8. The molecule has 0 aliphatic carbocycles. The highest BCUT2D eigenvalue weighted by Crippen LogP contribution is 2.19. The van der Waals surface area contributed by atoms with Crippen molar-refractivity contribution in [3.05, 3.63) is 59.7 Å². The minimum atomic E-state index is -0.822. The molecular weight excluding hydrogens is 346 g/mol. The van der Waals surface area contributed by atoms with Crippen LogP contribution in [-0.2, 0) is 20.7 Å². The molecule has 0 saturated carbocycles. The third-order valence-electron chi connectivity index (χ3n) is 3.90. The van der Waals surface area contributed by atoms with E-state index in [1.165, 1.54) is 11.1 Å². The normalized spacial score (nSPS) is 11.7. The van der Waals surface area contributed by atoms with Crippen molar-refractivity contribution in [3.63, 3.8) is 0 Å². The third kappa shape index (κ3) is 6.56. The van der Waals surface area contributed by atoms with Gasteiger partial charge in [0.15, 0.2) is 6.10 Å². The summed E-state index contributed by atoms with van der Waals surface area (Å²) in [4.78, 5) is 25.2. The smallest absolute Gasteiger partial charge is 0.307 e. The highest BCUT2D eigenvalue weighted by Gasteiger charge is 2.17. The average Bonchev–Trinajstić information content (AvgIpc) is 2.64. The fourth-order valence-corrected chi connectivity index (χ4v) is 3.10. The molecule has 0 heterocycles. The van der Waals surface area contributed by atoms with E-state index >= 15 is 0 Å². The van der Waals surface area contributed by atoms with Crippen molar-refractivity contribution in [2.45, 2.75) is 44.6 Å². The van der Waals surface area contributed by atoms with Crippen LogP contribution in [0.1, 0.15) is 31.4 Å². The van der Waals surface area contributed by atoms with Gasteiger partial charge in [0, 0.05) is 16.3 Å². The summed E-state index contributed by atoms with van der Waals surface area (Å²) in [6, 6.07) is 15.8. The number of nitrogens with one attached hydrogen (secondary N) is 1. The first-order chi connectivity index (χ1) is 12.5. The van der Waals surface area contributed by atoms with Gasteiger partial charge in [0.2, 0.25) is 0 Å². The van der Waals surface area contributed by atoms with Crippen molar-refractivity contribution >= 4 is 29.3 Å². The van der Waals surface area contributed by atoms with Gasteiger partial charge >= 0.3 is 5.97 Å². The number of esters is 1. The van der Waals surface area contributed by atoms with E-state index < -0.39 is 6.10 Å². The van der Waals surface area contributed by atoms with Gasteiger partial charge in [0.25, 0.3) is 5.91 Å². The Labute approximate surface area is 159 Å². The number of thioether (sulfide) groups is 1. The van der Waals surface area contributed by atoms with Crippen LogP contribution >= 0.6 is 11.8 Å². The molecule has 0 radical (unpaired) electrons. The highest BCUT2D eigenvalue weighted by atomic mass is 32.2. The van der Waals surface area contributed by atoms with Crippen LogP contribution in [0.4, 0.5) is 5.69 Å². The number of aryl methyl sites for hydroxylation is 2. The monoisotopic (exact) mass is 371 g/mol. The summed E-state index contributed by atoms with van der Waals surface area (Å²) < 4.78 is 5.22. The number of ether oxygens (including phenoxy) is 1. The predicted molar refractivity (Wildman–Crippen MR) is 107 cm³/mol. The van der Waals surface area contributed by atoms with Crippen LogP contribution in [0.2, 0.25) is 0 Å². The second kappa shape index (κ2) is 10.0. The van der Waals surface area contributed by atoms with E-state index in [9.17, 15) is 9.59 Å². The molecule has 0 fully saturated rings. The van der Waals surface area contributed by atoms with E-state index in [0.717, 1.165) is 11.3 Å². The lowest BCUT2D eigenvalue weighted by molar-refractivity contribution is -0.152. The number of amides is 1. The molecule has 2 rings (SSSR count). The molecule has 0 aliphatic rings. The lowest BCUT2D eigenvalue weighted by atomic mass is 10.1. The summed E-state index contributed by atoms with van der Waals surface area (Å²) in [5.41, 5.74) is 3.11. The van der Waals surface area contributed by atoms with Crippen molar-refractivity contribution in [2.75, 3.05) is 11.1 Å². The van der Waals surface area contributed by atoms with Gasteiger partial charge in [-0.15, -0.1) is 11.8 Å². The molecule has 1 N–H and O–H groups in total. The van der Waals surface area contributed by atoms with Gasteiger partial charge in [-0.25, -0.2) is 0 Å². The van der Waals surface area contributed by atoms with Crippen molar-refractivity contribution in [3.8, 4) is 0 Å². The maximum absolute atomic E-state index is 12.1. The van der Waals surface area contributed by atoms with Crippen molar-refractivity contribution in [2.24, 2.45) is 0 Å². The van der Waals surface area contributed by atoms with Crippen molar-refractivity contribution < 1.29 is 14.3 Å². The summed E-state index contributed by atoms with van der Waals surface area (Å²) in [5.74, 6) is -0.0725. The zero-order valence-electron chi connectivity index (χ0n) is 15.5. The molecule has 0 bridgehead atoms. The maximum Gasteiger partial charge on any atom is 0.307 e. The molecule has 2 aromatic rings. The summed E-state index contributed by atoms with van der Waals surface area (Å²) in [6.45, 7) is 5.70. The second-order valence-corrected chi connectivity index (χ2v) is 7.25. The van der Waals surface area contributed by atoms with Crippen LogP contribution in [0, 0.1) is 6.92 Å². The lowest BCUT2D eigenvalue weighted by Gasteiger charge is -2.13. The standard InChI is InChI=1S/C21H25NO3S/c1-4-17-7-9-18(10-8-17)22-21(24)16(3)25-20(23)13-14-26-19-11-5-15(2)6-12-19/h5-12,16H,4,13-14H2,1-3H3,(H,22,24)/t16-/m0/s1. The van der Waals surface area contributed by atoms with Gasteiger partial charge in [-0.1, -0.05) is 36.8 Å². The zero-order chi connectivity index (χ0) is 18.9. The Morgan fingerprint density at radius 1 is 1.08 bits per heavy atom. The lowest BCUT2D eigenvalue weighted by Crippen LogP contribution is -2.30. The first kappa shape index (κ1) is 20.0. The van der Waals surface area contributed by atoms with Gasteiger partial charge in [-0.05, 0) is 50.1 Å².